The zero-order valence-electron chi connectivity index (χ0n) is 44.8. The van der Waals surface area contributed by atoms with Crippen LogP contribution in [-0.2, 0) is 27.9 Å². The van der Waals surface area contributed by atoms with Crippen LogP contribution in [0, 0.1) is 0 Å². The number of ether oxygens (including phenoxy) is 2. The highest BCUT2D eigenvalue weighted by atomic mass is 31.2. The number of unbranched alkanes of at least 4 members (excludes halogenated alkanes) is 15. The van der Waals surface area contributed by atoms with Gasteiger partial charge in [-0.05, 0) is 103 Å². The van der Waals surface area contributed by atoms with Crippen molar-refractivity contribution < 1.29 is 37.3 Å². The Morgan fingerprint density at radius 2 is 0.797 bits per heavy atom. The van der Waals surface area contributed by atoms with E-state index in [4.69, 9.17) is 18.5 Å². The summed E-state index contributed by atoms with van der Waals surface area (Å²) in [5.74, 6) is -0.330. The van der Waals surface area contributed by atoms with Crippen molar-refractivity contribution in [2.75, 3.05) is 54.1 Å². The van der Waals surface area contributed by atoms with Gasteiger partial charge < -0.3 is 18.9 Å². The van der Waals surface area contributed by atoms with Crippen molar-refractivity contribution in [1.29, 1.82) is 0 Å². The number of carbonyl (C=O) groups excluding carboxylic acids is 1. The molecule has 0 aromatic carbocycles. The van der Waals surface area contributed by atoms with Gasteiger partial charge in [-0.2, -0.15) is 0 Å². The van der Waals surface area contributed by atoms with Crippen LogP contribution in [0.5, 0.6) is 0 Å². The van der Waals surface area contributed by atoms with E-state index in [1.807, 2.05) is 21.1 Å². The van der Waals surface area contributed by atoms with Crippen LogP contribution in [-0.4, -0.2) is 75.6 Å². The minimum Gasteiger partial charge on any atom is -0.457 e. The first kappa shape index (κ1) is 65.9. The SMILES string of the molecule is CC/C=C\C/C=C\C/C=C\C/C=C\C/C=C\C/C=C\CCCCCCCOCC(COP(=O)(O)OCC[N+](C)(C)C)OC(=O)CCCCCCCCCCCC/C=C\C/C=C\C/C=C\C/C=C\CC. The van der Waals surface area contributed by atoms with Crippen LogP contribution in [0.1, 0.15) is 194 Å². The maximum Gasteiger partial charge on any atom is 0.472 e. The average Bonchev–Trinajstić information content (AvgIpc) is 3.31. The van der Waals surface area contributed by atoms with E-state index >= 15 is 0 Å². The highest BCUT2D eigenvalue weighted by Crippen LogP contribution is 2.43. The minimum absolute atomic E-state index is 0.0763. The predicted molar refractivity (Wildman–Crippen MR) is 297 cm³/mol. The van der Waals surface area contributed by atoms with Gasteiger partial charge in [0.15, 0.2) is 0 Å². The fraction of sp³-hybridized carbons (Fsp3) is 0.650. The first-order valence-electron chi connectivity index (χ1n) is 27.3. The number of hydrogen-bond donors (Lipinski definition) is 1. The first-order valence-corrected chi connectivity index (χ1v) is 28.8. The number of carbonyl (C=O) groups is 1. The summed E-state index contributed by atoms with van der Waals surface area (Å²) in [6, 6.07) is 0. The molecule has 0 bridgehead atoms. The lowest BCUT2D eigenvalue weighted by molar-refractivity contribution is -0.870. The van der Waals surface area contributed by atoms with E-state index in [0.717, 1.165) is 109 Å². The number of allylic oxidation sites excluding steroid dienone is 20. The molecule has 8 nitrogen and oxygen atoms in total. The zero-order chi connectivity index (χ0) is 50.5. The molecule has 0 aliphatic rings. The number of phosphoric ester groups is 1. The van der Waals surface area contributed by atoms with Gasteiger partial charge in [0.25, 0.3) is 0 Å². The summed E-state index contributed by atoms with van der Waals surface area (Å²) in [5.41, 5.74) is 0. The number of likely N-dealkylation sites (N-methyl/N-ethyl adjacent to an activating group) is 1. The summed E-state index contributed by atoms with van der Waals surface area (Å²) in [6.07, 6.45) is 73.9. The second-order valence-electron chi connectivity index (χ2n) is 18.8. The fourth-order valence-electron chi connectivity index (χ4n) is 6.90. The second-order valence-corrected chi connectivity index (χ2v) is 20.3. The first-order chi connectivity index (χ1) is 33.6. The molecule has 0 amide bonds. The Morgan fingerprint density at radius 3 is 1.19 bits per heavy atom. The van der Waals surface area contributed by atoms with Gasteiger partial charge in [-0.15, -0.1) is 0 Å². The zero-order valence-corrected chi connectivity index (χ0v) is 45.6. The Bertz CT molecular complexity index is 1510. The summed E-state index contributed by atoms with van der Waals surface area (Å²) >= 11 is 0. The van der Waals surface area contributed by atoms with Crippen molar-refractivity contribution in [1.82, 2.24) is 0 Å². The Morgan fingerprint density at radius 1 is 0.449 bits per heavy atom. The largest absolute Gasteiger partial charge is 0.472 e. The number of rotatable bonds is 49. The molecular formula is C60H103NO7P+. The van der Waals surface area contributed by atoms with Crippen molar-refractivity contribution in [2.45, 2.75) is 200 Å². The number of hydrogen-bond acceptors (Lipinski definition) is 6. The van der Waals surface area contributed by atoms with Crippen LogP contribution >= 0.6 is 7.82 Å². The van der Waals surface area contributed by atoms with Gasteiger partial charge >= 0.3 is 13.8 Å². The molecule has 0 rings (SSSR count). The highest BCUT2D eigenvalue weighted by Gasteiger charge is 2.26. The van der Waals surface area contributed by atoms with Gasteiger partial charge in [0.2, 0.25) is 0 Å². The Balaban J connectivity index is 4.20. The van der Waals surface area contributed by atoms with E-state index in [2.05, 4.69) is 135 Å². The standard InChI is InChI=1S/C60H102NO7P/c1-6-8-10-12-14-16-18-20-22-24-26-28-30-32-34-36-38-40-42-44-46-48-50-52-55-65-57-59(58-67-69(63,64)66-56-54-61(3,4)5)68-60(62)53-51-49-47-45-43-41-39-37-35-33-31-29-27-25-23-21-19-17-15-13-11-9-7-2/h8-11,14-17,20-23,26-29,32,34,38,40,59H,6-7,12-13,18-19,24-25,30-31,33,35-37,39,41-58H2,1-5H3/p+1/b10-8-,11-9-,16-14-,17-15-,22-20-,23-21-,28-26-,29-27-,34-32-,40-38-. The van der Waals surface area contributed by atoms with Crippen LogP contribution < -0.4 is 0 Å². The molecule has 0 aromatic heterocycles. The van der Waals surface area contributed by atoms with Crippen LogP contribution in [0.2, 0.25) is 0 Å². The molecule has 2 unspecified atom stereocenters. The van der Waals surface area contributed by atoms with Crippen LogP contribution in [0.25, 0.3) is 0 Å². The van der Waals surface area contributed by atoms with Crippen LogP contribution in [0.3, 0.4) is 0 Å². The molecule has 0 aliphatic carbocycles. The molecule has 0 saturated heterocycles. The van der Waals surface area contributed by atoms with Crippen molar-refractivity contribution in [3.8, 4) is 0 Å². The normalized spacial score (nSPS) is 14.5. The Kier molecular flexibility index (Phi) is 49.0. The van der Waals surface area contributed by atoms with Gasteiger partial charge in [-0.1, -0.05) is 206 Å². The molecule has 0 aliphatic heterocycles. The summed E-state index contributed by atoms with van der Waals surface area (Å²) in [6.45, 7) is 5.32. The van der Waals surface area contributed by atoms with E-state index in [1.54, 1.807) is 0 Å². The highest BCUT2D eigenvalue weighted by molar-refractivity contribution is 7.47. The number of esters is 1. The smallest absolute Gasteiger partial charge is 0.457 e. The predicted octanol–water partition coefficient (Wildman–Crippen LogP) is 17.3. The third-order valence-corrected chi connectivity index (χ3v) is 12.0. The average molecular weight is 981 g/mol. The molecule has 2 atom stereocenters. The van der Waals surface area contributed by atoms with Gasteiger partial charge in [0.1, 0.15) is 19.3 Å². The topological polar surface area (TPSA) is 91.3 Å². The quantitative estimate of drug-likeness (QED) is 0.0213. The molecule has 0 radical (unpaired) electrons. The van der Waals surface area contributed by atoms with E-state index in [1.165, 1.54) is 64.2 Å². The minimum atomic E-state index is -4.30. The maximum atomic E-state index is 12.8. The van der Waals surface area contributed by atoms with Gasteiger partial charge in [-0.3, -0.25) is 13.8 Å². The van der Waals surface area contributed by atoms with Crippen molar-refractivity contribution in [3.05, 3.63) is 122 Å². The molecular weight excluding hydrogens is 878 g/mol. The summed E-state index contributed by atoms with van der Waals surface area (Å²) in [7, 11) is 1.63. The summed E-state index contributed by atoms with van der Waals surface area (Å²) in [5, 5.41) is 0. The number of phosphoric acid groups is 1. The maximum absolute atomic E-state index is 12.8. The second kappa shape index (κ2) is 51.3. The number of quaternary nitrogens is 1. The molecule has 0 heterocycles. The molecule has 0 aromatic rings. The monoisotopic (exact) mass is 981 g/mol. The van der Waals surface area contributed by atoms with Gasteiger partial charge in [0.05, 0.1) is 34.4 Å². The van der Waals surface area contributed by atoms with E-state index < -0.39 is 13.9 Å². The third kappa shape index (κ3) is 55.7. The van der Waals surface area contributed by atoms with Gasteiger partial charge in [-0.25, -0.2) is 4.57 Å². The molecule has 0 spiro atoms. The van der Waals surface area contributed by atoms with E-state index in [0.29, 0.717) is 24.1 Å². The molecule has 1 N–H and O–H groups in total. The Labute approximate surface area is 424 Å². The lowest BCUT2D eigenvalue weighted by atomic mass is 10.0. The van der Waals surface area contributed by atoms with Crippen LogP contribution in [0.15, 0.2) is 122 Å². The van der Waals surface area contributed by atoms with Crippen molar-refractivity contribution >= 4 is 13.8 Å². The van der Waals surface area contributed by atoms with E-state index in [-0.39, 0.29) is 25.8 Å². The number of nitrogens with zero attached hydrogens (tertiary/aromatic N) is 1. The Hall–Kier alpha value is -3.10. The summed E-state index contributed by atoms with van der Waals surface area (Å²) < 4.78 is 35.2. The molecule has 0 saturated carbocycles. The van der Waals surface area contributed by atoms with E-state index in [9.17, 15) is 14.3 Å². The third-order valence-electron chi connectivity index (χ3n) is 11.0. The fourth-order valence-corrected chi connectivity index (χ4v) is 7.64. The molecule has 9 heteroatoms. The summed E-state index contributed by atoms with van der Waals surface area (Å²) in [4.78, 5) is 23.1. The molecule has 394 valence electrons. The van der Waals surface area contributed by atoms with Crippen molar-refractivity contribution in [2.24, 2.45) is 0 Å². The lowest BCUT2D eigenvalue weighted by Crippen LogP contribution is -2.37. The molecule has 69 heavy (non-hydrogen) atoms. The van der Waals surface area contributed by atoms with Gasteiger partial charge in [0, 0.05) is 13.0 Å². The van der Waals surface area contributed by atoms with Crippen LogP contribution in [0.4, 0.5) is 0 Å². The molecule has 0 fully saturated rings. The van der Waals surface area contributed by atoms with Crippen molar-refractivity contribution in [3.63, 3.8) is 0 Å². The lowest BCUT2D eigenvalue weighted by Gasteiger charge is -2.24.